The summed E-state index contributed by atoms with van der Waals surface area (Å²) < 4.78 is 4.03. The molecule has 27 heavy (non-hydrogen) atoms. The average molecular weight is 377 g/mol. The van der Waals surface area contributed by atoms with Crippen LogP contribution in [0, 0.1) is 13.8 Å². The molecule has 0 bridgehead atoms. The molecule has 0 saturated carbocycles. The van der Waals surface area contributed by atoms with Gasteiger partial charge in [-0.05, 0) is 44.2 Å². The van der Waals surface area contributed by atoms with Gasteiger partial charge < -0.3 is 4.57 Å². The van der Waals surface area contributed by atoms with E-state index in [4.69, 9.17) is 21.7 Å². The molecule has 1 aliphatic rings. The van der Waals surface area contributed by atoms with Crippen LogP contribution in [0.5, 0.6) is 0 Å². The Morgan fingerprint density at radius 2 is 2.00 bits per heavy atom. The van der Waals surface area contributed by atoms with Gasteiger partial charge in [-0.1, -0.05) is 17.7 Å². The second-order valence-corrected chi connectivity index (χ2v) is 7.20. The average Bonchev–Trinajstić information content (AvgIpc) is 3.16. The fraction of sp³-hybridized carbons (Fsp3) is 0.200. The molecule has 0 unspecified atom stereocenters. The predicted octanol–water partition coefficient (Wildman–Crippen LogP) is 3.75. The first-order valence-electron chi connectivity index (χ1n) is 8.78. The molecule has 7 heteroatoms. The summed E-state index contributed by atoms with van der Waals surface area (Å²) in [5, 5.41) is 5.44. The Balaban J connectivity index is 1.65. The molecule has 4 aromatic rings. The van der Waals surface area contributed by atoms with Crippen molar-refractivity contribution < 1.29 is 0 Å². The number of imidazole rings is 1. The summed E-state index contributed by atoms with van der Waals surface area (Å²) in [6.45, 7) is 4.62. The second kappa shape index (κ2) is 6.03. The number of halogens is 1. The Morgan fingerprint density at radius 3 is 2.85 bits per heavy atom. The highest BCUT2D eigenvalue weighted by Gasteiger charge is 2.24. The molecular weight excluding hydrogens is 360 g/mol. The lowest BCUT2D eigenvalue weighted by Gasteiger charge is -2.08. The van der Waals surface area contributed by atoms with Crippen molar-refractivity contribution >= 4 is 11.6 Å². The van der Waals surface area contributed by atoms with Gasteiger partial charge in [0.15, 0.2) is 11.6 Å². The fourth-order valence-corrected chi connectivity index (χ4v) is 3.71. The summed E-state index contributed by atoms with van der Waals surface area (Å²) in [7, 11) is 0. The highest BCUT2D eigenvalue weighted by molar-refractivity contribution is 6.31. The molecule has 0 saturated heterocycles. The molecule has 0 fully saturated rings. The van der Waals surface area contributed by atoms with Crippen LogP contribution in [0.4, 0.5) is 0 Å². The second-order valence-electron chi connectivity index (χ2n) is 6.76. The van der Waals surface area contributed by atoms with E-state index in [2.05, 4.69) is 14.5 Å². The Bertz CT molecular complexity index is 1170. The number of hydrogen-bond acceptors (Lipinski definition) is 4. The van der Waals surface area contributed by atoms with E-state index in [-0.39, 0.29) is 0 Å². The van der Waals surface area contributed by atoms with E-state index in [1.165, 1.54) is 0 Å². The molecule has 1 aromatic carbocycles. The van der Waals surface area contributed by atoms with Crippen molar-refractivity contribution in [2.24, 2.45) is 0 Å². The number of pyridine rings is 1. The van der Waals surface area contributed by atoms with Crippen molar-refractivity contribution in [3.63, 3.8) is 0 Å². The highest BCUT2D eigenvalue weighted by atomic mass is 35.5. The minimum absolute atomic E-state index is 0.593. The highest BCUT2D eigenvalue weighted by Crippen LogP contribution is 2.33. The van der Waals surface area contributed by atoms with Gasteiger partial charge in [0, 0.05) is 22.0 Å². The first-order valence-corrected chi connectivity index (χ1v) is 9.15. The Hall–Kier alpha value is -2.99. The first kappa shape index (κ1) is 16.2. The summed E-state index contributed by atoms with van der Waals surface area (Å²) in [4.78, 5) is 13.9. The van der Waals surface area contributed by atoms with E-state index < -0.39 is 0 Å². The normalized spacial score (nSPS) is 12.3. The minimum Gasteiger partial charge on any atom is -0.300 e. The van der Waals surface area contributed by atoms with Gasteiger partial charge in [-0.25, -0.2) is 14.6 Å². The molecule has 0 radical (unpaired) electrons. The van der Waals surface area contributed by atoms with Gasteiger partial charge in [0.25, 0.3) is 0 Å². The zero-order chi connectivity index (χ0) is 18.5. The zero-order valence-electron chi connectivity index (χ0n) is 15.0. The number of aryl methyl sites for hydroxylation is 2. The molecule has 3 aromatic heterocycles. The lowest BCUT2D eigenvalue weighted by atomic mass is 10.1. The molecule has 0 N–H and O–H groups in total. The Labute approximate surface area is 161 Å². The van der Waals surface area contributed by atoms with Crippen molar-refractivity contribution in [3.05, 3.63) is 76.3 Å². The summed E-state index contributed by atoms with van der Waals surface area (Å²) >= 11 is 6.29. The number of aromatic nitrogens is 6. The number of rotatable bonds is 2. The van der Waals surface area contributed by atoms with Crippen molar-refractivity contribution in [2.45, 2.75) is 26.8 Å². The summed E-state index contributed by atoms with van der Waals surface area (Å²) in [5.41, 5.74) is 6.01. The fourth-order valence-electron chi connectivity index (χ4n) is 3.53. The summed E-state index contributed by atoms with van der Waals surface area (Å²) in [6, 6.07) is 11.8. The number of hydrogen-bond donors (Lipinski definition) is 0. The quantitative estimate of drug-likeness (QED) is 0.470. The van der Waals surface area contributed by atoms with Gasteiger partial charge in [0.1, 0.15) is 0 Å². The minimum atomic E-state index is 0.593. The van der Waals surface area contributed by atoms with E-state index in [9.17, 15) is 0 Å². The standard InChI is InChI=1S/C20H17ClN6/c1-12-4-3-5-15(23-12)9-19-24-20-16-8-14(21)6-7-17(16)26-11-22-13(2)18(26)10-27(20)25-19/h3-8,11H,9-10H2,1-2H3. The maximum Gasteiger partial charge on any atom is 0.160 e. The van der Waals surface area contributed by atoms with Crippen LogP contribution in [0.25, 0.3) is 17.1 Å². The van der Waals surface area contributed by atoms with Crippen molar-refractivity contribution in [2.75, 3.05) is 0 Å². The van der Waals surface area contributed by atoms with Crippen LogP contribution in [0.2, 0.25) is 5.02 Å². The molecular formula is C20H17ClN6. The molecule has 0 spiro atoms. The smallest absolute Gasteiger partial charge is 0.160 e. The number of fused-ring (bicyclic) bond motifs is 5. The predicted molar refractivity (Wildman–Crippen MR) is 103 cm³/mol. The van der Waals surface area contributed by atoms with Gasteiger partial charge in [-0.15, -0.1) is 0 Å². The van der Waals surface area contributed by atoms with Crippen LogP contribution in [0.1, 0.15) is 28.6 Å². The zero-order valence-corrected chi connectivity index (χ0v) is 15.8. The summed E-state index contributed by atoms with van der Waals surface area (Å²) in [6.07, 6.45) is 2.44. The third kappa shape index (κ3) is 2.73. The van der Waals surface area contributed by atoms with Crippen LogP contribution in [0.3, 0.4) is 0 Å². The van der Waals surface area contributed by atoms with Crippen molar-refractivity contribution in [1.29, 1.82) is 0 Å². The van der Waals surface area contributed by atoms with E-state index in [0.29, 0.717) is 18.0 Å². The largest absolute Gasteiger partial charge is 0.300 e. The van der Waals surface area contributed by atoms with Crippen LogP contribution >= 0.6 is 11.6 Å². The topological polar surface area (TPSA) is 61.4 Å². The molecule has 0 aliphatic carbocycles. The lowest BCUT2D eigenvalue weighted by molar-refractivity contribution is 0.663. The Morgan fingerprint density at radius 1 is 1.11 bits per heavy atom. The molecule has 5 rings (SSSR count). The van der Waals surface area contributed by atoms with E-state index in [1.807, 2.05) is 61.3 Å². The van der Waals surface area contributed by atoms with Gasteiger partial charge >= 0.3 is 0 Å². The maximum absolute atomic E-state index is 6.29. The Kier molecular flexibility index (Phi) is 3.62. The van der Waals surface area contributed by atoms with E-state index in [1.54, 1.807) is 0 Å². The van der Waals surface area contributed by atoms with E-state index in [0.717, 1.165) is 45.7 Å². The monoisotopic (exact) mass is 376 g/mol. The van der Waals surface area contributed by atoms with Crippen LogP contribution in [-0.2, 0) is 13.0 Å². The van der Waals surface area contributed by atoms with Gasteiger partial charge in [-0.3, -0.25) is 4.98 Å². The third-order valence-corrected chi connectivity index (χ3v) is 5.07. The molecule has 0 atom stereocenters. The van der Waals surface area contributed by atoms with E-state index >= 15 is 0 Å². The maximum atomic E-state index is 6.29. The number of benzene rings is 1. The summed E-state index contributed by atoms with van der Waals surface area (Å²) in [5.74, 6) is 1.57. The lowest BCUT2D eigenvalue weighted by Crippen LogP contribution is -2.06. The van der Waals surface area contributed by atoms with Crippen LogP contribution < -0.4 is 0 Å². The molecule has 0 amide bonds. The van der Waals surface area contributed by atoms with Crippen LogP contribution in [0.15, 0.2) is 42.7 Å². The van der Waals surface area contributed by atoms with Gasteiger partial charge in [0.2, 0.25) is 0 Å². The van der Waals surface area contributed by atoms with Gasteiger partial charge in [-0.2, -0.15) is 5.10 Å². The molecule has 6 nitrogen and oxygen atoms in total. The molecule has 134 valence electrons. The van der Waals surface area contributed by atoms with Crippen molar-refractivity contribution in [3.8, 4) is 17.1 Å². The van der Waals surface area contributed by atoms with Crippen molar-refractivity contribution in [1.82, 2.24) is 29.3 Å². The number of nitrogens with zero attached hydrogens (tertiary/aromatic N) is 6. The SMILES string of the molecule is Cc1cccc(Cc2nc3n(n2)Cc2c(C)ncn2-c2ccc(Cl)cc2-3)n1. The van der Waals surface area contributed by atoms with Crippen LogP contribution in [-0.4, -0.2) is 29.3 Å². The molecule has 1 aliphatic heterocycles. The first-order chi connectivity index (χ1) is 13.1. The molecule has 4 heterocycles. The third-order valence-electron chi connectivity index (χ3n) is 4.83. The van der Waals surface area contributed by atoms with Gasteiger partial charge in [0.05, 0.1) is 36.4 Å².